The van der Waals surface area contributed by atoms with Crippen molar-refractivity contribution in [3.63, 3.8) is 0 Å². The summed E-state index contributed by atoms with van der Waals surface area (Å²) in [6.45, 7) is 0. The first-order chi connectivity index (χ1) is 14.6. The zero-order valence-corrected chi connectivity index (χ0v) is 17.5. The van der Waals surface area contributed by atoms with Crippen molar-refractivity contribution in [2.45, 2.75) is 37.8 Å². The zero-order chi connectivity index (χ0) is 20.7. The van der Waals surface area contributed by atoms with Gasteiger partial charge in [-0.25, -0.2) is 9.50 Å². The first kappa shape index (κ1) is 19.0. The van der Waals surface area contributed by atoms with Gasteiger partial charge >= 0.3 is 0 Å². The second-order valence-electron chi connectivity index (χ2n) is 7.80. The molecule has 5 rings (SSSR count). The van der Waals surface area contributed by atoms with Crippen LogP contribution in [0, 0.1) is 0 Å². The molecule has 154 valence electrons. The molecule has 9 heteroatoms. The lowest BCUT2D eigenvalue weighted by Gasteiger charge is -2.29. The summed E-state index contributed by atoms with van der Waals surface area (Å²) in [6, 6.07) is 2.00. The number of thiophene rings is 1. The Hall–Kier alpha value is -3.04. The van der Waals surface area contributed by atoms with Gasteiger partial charge in [0.1, 0.15) is 0 Å². The second-order valence-corrected chi connectivity index (χ2v) is 8.71. The molecule has 2 atom stereocenters. The molecule has 0 radical (unpaired) electrons. The summed E-state index contributed by atoms with van der Waals surface area (Å²) in [5.41, 5.74) is 10.7. The van der Waals surface area contributed by atoms with Crippen molar-refractivity contribution in [3.8, 4) is 22.3 Å². The van der Waals surface area contributed by atoms with Gasteiger partial charge in [0.05, 0.1) is 17.3 Å². The van der Waals surface area contributed by atoms with E-state index in [2.05, 4.69) is 20.5 Å². The highest BCUT2D eigenvalue weighted by molar-refractivity contribution is 7.12. The van der Waals surface area contributed by atoms with Gasteiger partial charge in [0.25, 0.3) is 5.91 Å². The molecule has 1 amide bonds. The van der Waals surface area contributed by atoms with Gasteiger partial charge in [0, 0.05) is 54.4 Å². The number of carbonyl (C=O) groups excluding carboxylic acids is 1. The van der Waals surface area contributed by atoms with Gasteiger partial charge in [-0.2, -0.15) is 10.2 Å². The molecule has 1 aliphatic carbocycles. The van der Waals surface area contributed by atoms with Gasteiger partial charge in [0.15, 0.2) is 5.65 Å². The smallest absolute Gasteiger partial charge is 0.261 e. The molecule has 0 spiro atoms. The minimum Gasteiger partial charge on any atom is -0.347 e. The molecule has 4 aromatic rings. The maximum Gasteiger partial charge on any atom is 0.261 e. The van der Waals surface area contributed by atoms with E-state index in [-0.39, 0.29) is 18.0 Å². The predicted octanol–water partition coefficient (Wildman–Crippen LogP) is 2.86. The normalized spacial score (nSPS) is 19.3. The number of rotatable bonds is 4. The average Bonchev–Trinajstić information content (AvgIpc) is 3.48. The monoisotopic (exact) mass is 421 g/mol. The van der Waals surface area contributed by atoms with E-state index in [1.165, 1.54) is 11.3 Å². The van der Waals surface area contributed by atoms with E-state index in [1.54, 1.807) is 21.6 Å². The lowest BCUT2D eigenvalue weighted by Crippen LogP contribution is -2.49. The molecular weight excluding hydrogens is 398 g/mol. The summed E-state index contributed by atoms with van der Waals surface area (Å²) in [5, 5.41) is 13.8. The summed E-state index contributed by atoms with van der Waals surface area (Å²) in [6.07, 6.45) is 13.5. The Morgan fingerprint density at radius 3 is 2.77 bits per heavy atom. The number of nitrogens with two attached hydrogens (primary N) is 1. The number of carbonyl (C=O) groups is 1. The molecule has 3 N–H and O–H groups in total. The highest BCUT2D eigenvalue weighted by Crippen LogP contribution is 2.29. The van der Waals surface area contributed by atoms with Gasteiger partial charge in [-0.05, 0) is 29.9 Å². The second kappa shape index (κ2) is 7.66. The van der Waals surface area contributed by atoms with Gasteiger partial charge in [0.2, 0.25) is 0 Å². The fourth-order valence-electron chi connectivity index (χ4n) is 3.97. The molecule has 8 nitrogen and oxygen atoms in total. The topological polar surface area (TPSA) is 103 Å². The van der Waals surface area contributed by atoms with Crippen LogP contribution in [0.1, 0.15) is 35.4 Å². The van der Waals surface area contributed by atoms with E-state index in [4.69, 9.17) is 5.73 Å². The molecule has 0 saturated heterocycles. The molecule has 4 heterocycles. The lowest BCUT2D eigenvalue weighted by molar-refractivity contribution is 0.0925. The van der Waals surface area contributed by atoms with Crippen LogP contribution in [0.4, 0.5) is 0 Å². The van der Waals surface area contributed by atoms with Crippen LogP contribution in [0.5, 0.6) is 0 Å². The van der Waals surface area contributed by atoms with Crippen molar-refractivity contribution in [2.75, 3.05) is 0 Å². The number of aryl methyl sites for hydroxylation is 1. The highest BCUT2D eigenvalue weighted by Gasteiger charge is 2.24. The maximum absolute atomic E-state index is 12.7. The zero-order valence-electron chi connectivity index (χ0n) is 16.7. The Bertz CT molecular complexity index is 1210. The third kappa shape index (κ3) is 3.50. The van der Waals surface area contributed by atoms with Crippen molar-refractivity contribution in [2.24, 2.45) is 12.8 Å². The van der Waals surface area contributed by atoms with Crippen LogP contribution < -0.4 is 11.1 Å². The summed E-state index contributed by atoms with van der Waals surface area (Å²) in [4.78, 5) is 18.0. The SMILES string of the molecule is Cn1cc(-c2cnc3c(-c4csc(C(=O)NC5CCCCC5N)c4)cnn3c2)cn1. The molecular formula is C21H23N7OS. The molecule has 30 heavy (non-hydrogen) atoms. The van der Waals surface area contributed by atoms with Crippen LogP contribution in [0.25, 0.3) is 27.9 Å². The minimum atomic E-state index is -0.0584. The van der Waals surface area contributed by atoms with E-state index in [1.807, 2.05) is 37.1 Å². The molecule has 2 unspecified atom stereocenters. The van der Waals surface area contributed by atoms with Gasteiger partial charge < -0.3 is 11.1 Å². The van der Waals surface area contributed by atoms with Crippen molar-refractivity contribution in [3.05, 3.63) is 47.3 Å². The molecule has 0 aromatic carbocycles. The largest absolute Gasteiger partial charge is 0.347 e. The van der Waals surface area contributed by atoms with E-state index < -0.39 is 0 Å². The van der Waals surface area contributed by atoms with Gasteiger partial charge in [-0.15, -0.1) is 11.3 Å². The van der Waals surface area contributed by atoms with Crippen molar-refractivity contribution < 1.29 is 4.79 Å². The van der Waals surface area contributed by atoms with Crippen LogP contribution in [0.2, 0.25) is 0 Å². The molecule has 1 saturated carbocycles. The Morgan fingerprint density at radius 1 is 1.13 bits per heavy atom. The first-order valence-electron chi connectivity index (χ1n) is 10.1. The third-order valence-corrected chi connectivity index (χ3v) is 6.59. The maximum atomic E-state index is 12.7. The van der Waals surface area contributed by atoms with Crippen LogP contribution in [-0.2, 0) is 7.05 Å². The van der Waals surface area contributed by atoms with Crippen LogP contribution in [-0.4, -0.2) is 42.4 Å². The third-order valence-electron chi connectivity index (χ3n) is 5.66. The van der Waals surface area contributed by atoms with E-state index in [0.29, 0.717) is 4.88 Å². The molecule has 1 aliphatic rings. The summed E-state index contributed by atoms with van der Waals surface area (Å²) in [7, 11) is 1.88. The van der Waals surface area contributed by atoms with E-state index >= 15 is 0 Å². The van der Waals surface area contributed by atoms with Gasteiger partial charge in [-0.3, -0.25) is 9.48 Å². The number of aromatic nitrogens is 5. The Kier molecular flexibility index (Phi) is 4.84. The fourth-order valence-corrected chi connectivity index (χ4v) is 4.78. The number of nitrogens with one attached hydrogen (secondary N) is 1. The van der Waals surface area contributed by atoms with Crippen molar-refractivity contribution >= 4 is 22.9 Å². The summed E-state index contributed by atoms with van der Waals surface area (Å²) < 4.78 is 3.52. The number of hydrogen-bond acceptors (Lipinski definition) is 6. The van der Waals surface area contributed by atoms with Crippen LogP contribution >= 0.6 is 11.3 Å². The Morgan fingerprint density at radius 2 is 1.97 bits per heavy atom. The average molecular weight is 422 g/mol. The van der Waals surface area contributed by atoms with Crippen molar-refractivity contribution in [1.82, 2.24) is 29.7 Å². The fraction of sp³-hybridized carbons (Fsp3) is 0.333. The summed E-state index contributed by atoms with van der Waals surface area (Å²) >= 11 is 1.43. The van der Waals surface area contributed by atoms with Crippen LogP contribution in [0.15, 0.2) is 42.4 Å². The number of hydrogen-bond donors (Lipinski definition) is 2. The lowest BCUT2D eigenvalue weighted by atomic mass is 9.91. The van der Waals surface area contributed by atoms with E-state index in [0.717, 1.165) is 53.6 Å². The molecule has 0 bridgehead atoms. The molecule has 4 aromatic heterocycles. The molecule has 1 fully saturated rings. The summed E-state index contributed by atoms with van der Waals surface area (Å²) in [5.74, 6) is -0.0584. The number of fused-ring (bicyclic) bond motifs is 1. The standard InChI is InChI=1S/C21H23N7OS/c1-27-10-15(8-24-27)14-7-23-20-16(9-25-28(20)11-14)13-6-19(30-12-13)21(29)26-18-5-3-2-4-17(18)22/h6-12,17-18H,2-5,22H2,1H3,(H,26,29). The quantitative estimate of drug-likeness (QED) is 0.527. The van der Waals surface area contributed by atoms with Gasteiger partial charge in [-0.1, -0.05) is 12.8 Å². The Labute approximate surface area is 177 Å². The minimum absolute atomic E-state index is 0.0416. The van der Waals surface area contributed by atoms with Crippen molar-refractivity contribution in [1.29, 1.82) is 0 Å². The first-order valence-corrected chi connectivity index (χ1v) is 10.9. The van der Waals surface area contributed by atoms with Crippen LogP contribution in [0.3, 0.4) is 0 Å². The number of amides is 1. The number of nitrogens with zero attached hydrogens (tertiary/aromatic N) is 5. The predicted molar refractivity (Wildman–Crippen MR) is 116 cm³/mol. The molecule has 0 aliphatic heterocycles. The Balaban J connectivity index is 1.38. The van der Waals surface area contributed by atoms with E-state index in [9.17, 15) is 4.79 Å². The highest BCUT2D eigenvalue weighted by atomic mass is 32.1.